The molecule has 5 rings (SSSR count). The zero-order valence-electron chi connectivity index (χ0n) is 21.9. The summed E-state index contributed by atoms with van der Waals surface area (Å²) >= 11 is 0. The highest BCUT2D eigenvalue weighted by Crippen LogP contribution is 2.46. The first kappa shape index (κ1) is 25.8. The Morgan fingerprint density at radius 1 is 0.949 bits per heavy atom. The molecule has 9 nitrogen and oxygen atoms in total. The second kappa shape index (κ2) is 10.9. The number of anilines is 1. The molecule has 3 aromatic carbocycles. The number of rotatable bonds is 9. The molecule has 0 spiro atoms. The molecular formula is C30H29N3O6. The summed E-state index contributed by atoms with van der Waals surface area (Å²) in [6.07, 6.45) is 0. The Balaban J connectivity index is 1.63. The Hall–Kier alpha value is -4.79. The molecule has 0 saturated heterocycles. The normalized spacial score (nSPS) is 14.3. The highest BCUT2D eigenvalue weighted by atomic mass is 16.5. The predicted octanol–water partition coefficient (Wildman–Crippen LogP) is 5.51. The molecular weight excluding hydrogens is 498 g/mol. The number of hydrogen-bond donors (Lipinski definition) is 2. The molecule has 0 aliphatic carbocycles. The zero-order chi connectivity index (χ0) is 27.5. The highest BCUT2D eigenvalue weighted by molar-refractivity contribution is 6.12. The molecule has 2 heterocycles. The molecule has 200 valence electrons. The van der Waals surface area contributed by atoms with Crippen molar-refractivity contribution in [2.45, 2.75) is 26.8 Å². The third-order valence-corrected chi connectivity index (χ3v) is 6.46. The second-order valence-corrected chi connectivity index (χ2v) is 8.82. The molecule has 4 aromatic rings. The first-order chi connectivity index (χ1) is 19.0. The van der Waals surface area contributed by atoms with Gasteiger partial charge in [0.25, 0.3) is 5.91 Å². The standard InChI is InChI=1S/C30H29N3O6/c1-4-37-22-14-9-18(10-15-22)26-25-27(32-31-26)29(35)33(21-12-7-19(8-13-21)30(36)39-6-3)28(25)20-11-16-23(34)24(17-20)38-5-2/h7-17,28,34H,4-6H2,1-3H3,(H,31,32)/t28-/m0/s1. The summed E-state index contributed by atoms with van der Waals surface area (Å²) in [4.78, 5) is 27.7. The van der Waals surface area contributed by atoms with E-state index in [0.29, 0.717) is 47.2 Å². The zero-order valence-corrected chi connectivity index (χ0v) is 21.9. The highest BCUT2D eigenvalue weighted by Gasteiger charge is 2.43. The van der Waals surface area contributed by atoms with Crippen molar-refractivity contribution in [3.8, 4) is 28.5 Å². The number of aromatic hydroxyl groups is 1. The van der Waals surface area contributed by atoms with Crippen LogP contribution >= 0.6 is 0 Å². The number of fused-ring (bicyclic) bond motifs is 1. The largest absolute Gasteiger partial charge is 0.504 e. The van der Waals surface area contributed by atoms with Gasteiger partial charge in [-0.25, -0.2) is 4.79 Å². The Bertz CT molecular complexity index is 1490. The number of benzene rings is 3. The van der Waals surface area contributed by atoms with Crippen LogP contribution in [-0.4, -0.2) is 47.0 Å². The summed E-state index contributed by atoms with van der Waals surface area (Å²) in [6.45, 7) is 6.70. The lowest BCUT2D eigenvalue weighted by molar-refractivity contribution is 0.0526. The number of phenols is 1. The third kappa shape index (κ3) is 4.79. The minimum absolute atomic E-state index is 0.00872. The molecule has 1 aliphatic heterocycles. The van der Waals surface area contributed by atoms with Gasteiger partial charge in [0, 0.05) is 16.8 Å². The fourth-order valence-corrected chi connectivity index (χ4v) is 4.77. The number of nitrogens with zero attached hydrogens (tertiary/aromatic N) is 2. The molecule has 1 aromatic heterocycles. The van der Waals surface area contributed by atoms with E-state index in [0.717, 1.165) is 16.9 Å². The maximum absolute atomic E-state index is 13.8. The second-order valence-electron chi connectivity index (χ2n) is 8.82. The summed E-state index contributed by atoms with van der Waals surface area (Å²) in [5, 5.41) is 17.8. The van der Waals surface area contributed by atoms with Crippen LogP contribution in [0.3, 0.4) is 0 Å². The van der Waals surface area contributed by atoms with Gasteiger partial charge in [-0.2, -0.15) is 5.10 Å². The van der Waals surface area contributed by atoms with Crippen LogP contribution in [0.4, 0.5) is 5.69 Å². The van der Waals surface area contributed by atoms with Gasteiger partial charge in [0.05, 0.1) is 37.1 Å². The summed E-state index contributed by atoms with van der Waals surface area (Å²) in [5.41, 5.74) is 4.22. The van der Waals surface area contributed by atoms with Gasteiger partial charge in [0.2, 0.25) is 0 Å². The average molecular weight is 528 g/mol. The quantitative estimate of drug-likeness (QED) is 0.276. The fraction of sp³-hybridized carbons (Fsp3) is 0.233. The van der Waals surface area contributed by atoms with Crippen LogP contribution in [0.15, 0.2) is 66.7 Å². The molecule has 0 unspecified atom stereocenters. The van der Waals surface area contributed by atoms with E-state index in [4.69, 9.17) is 14.2 Å². The van der Waals surface area contributed by atoms with Crippen molar-refractivity contribution in [1.82, 2.24) is 10.2 Å². The third-order valence-electron chi connectivity index (χ3n) is 6.46. The predicted molar refractivity (Wildman–Crippen MR) is 146 cm³/mol. The Labute approximate surface area is 225 Å². The van der Waals surface area contributed by atoms with Crippen LogP contribution in [-0.2, 0) is 4.74 Å². The van der Waals surface area contributed by atoms with Crippen molar-refractivity contribution in [2.75, 3.05) is 24.7 Å². The Morgan fingerprint density at radius 2 is 1.67 bits per heavy atom. The van der Waals surface area contributed by atoms with E-state index >= 15 is 0 Å². The molecule has 2 N–H and O–H groups in total. The van der Waals surface area contributed by atoms with E-state index < -0.39 is 12.0 Å². The van der Waals surface area contributed by atoms with Gasteiger partial charge >= 0.3 is 5.97 Å². The monoisotopic (exact) mass is 527 g/mol. The number of H-pyrrole nitrogens is 1. The van der Waals surface area contributed by atoms with Gasteiger partial charge < -0.3 is 19.3 Å². The van der Waals surface area contributed by atoms with E-state index in [-0.39, 0.29) is 18.3 Å². The van der Waals surface area contributed by atoms with Crippen molar-refractivity contribution in [3.63, 3.8) is 0 Å². The Kier molecular flexibility index (Phi) is 7.23. The summed E-state index contributed by atoms with van der Waals surface area (Å²) < 4.78 is 16.3. The van der Waals surface area contributed by atoms with Crippen LogP contribution in [0.2, 0.25) is 0 Å². The number of hydrogen-bond acceptors (Lipinski definition) is 7. The summed E-state index contributed by atoms with van der Waals surface area (Å²) in [7, 11) is 0. The molecule has 39 heavy (non-hydrogen) atoms. The molecule has 1 amide bonds. The Morgan fingerprint density at radius 3 is 2.33 bits per heavy atom. The average Bonchev–Trinajstić information content (AvgIpc) is 3.50. The van der Waals surface area contributed by atoms with Crippen LogP contribution < -0.4 is 14.4 Å². The maximum atomic E-state index is 13.8. The smallest absolute Gasteiger partial charge is 0.338 e. The van der Waals surface area contributed by atoms with Crippen molar-refractivity contribution in [2.24, 2.45) is 0 Å². The number of ether oxygens (including phenoxy) is 3. The van der Waals surface area contributed by atoms with Crippen molar-refractivity contribution in [3.05, 3.63) is 89.1 Å². The van der Waals surface area contributed by atoms with Crippen LogP contribution in [0.5, 0.6) is 17.2 Å². The summed E-state index contributed by atoms with van der Waals surface area (Å²) in [5.74, 6) is 0.369. The summed E-state index contributed by atoms with van der Waals surface area (Å²) in [6, 6.07) is 18.7. The van der Waals surface area contributed by atoms with Crippen LogP contribution in [0.25, 0.3) is 11.3 Å². The van der Waals surface area contributed by atoms with Crippen molar-refractivity contribution < 1.29 is 28.9 Å². The van der Waals surface area contributed by atoms with Crippen molar-refractivity contribution in [1.29, 1.82) is 0 Å². The lowest BCUT2D eigenvalue weighted by Crippen LogP contribution is -2.29. The van der Waals surface area contributed by atoms with Gasteiger partial charge in [0.1, 0.15) is 11.4 Å². The minimum atomic E-state index is -0.582. The molecule has 0 saturated carbocycles. The molecule has 0 bridgehead atoms. The number of aromatic amines is 1. The van der Waals surface area contributed by atoms with Gasteiger partial charge in [-0.1, -0.05) is 6.07 Å². The van der Waals surface area contributed by atoms with E-state index in [2.05, 4.69) is 10.2 Å². The first-order valence-electron chi connectivity index (χ1n) is 12.8. The molecule has 0 fully saturated rings. The topological polar surface area (TPSA) is 114 Å². The van der Waals surface area contributed by atoms with Gasteiger partial charge in [0.15, 0.2) is 11.5 Å². The lowest BCUT2D eigenvalue weighted by atomic mass is 9.95. The van der Waals surface area contributed by atoms with E-state index in [1.54, 1.807) is 54.3 Å². The number of esters is 1. The van der Waals surface area contributed by atoms with Crippen LogP contribution in [0, 0.1) is 0 Å². The van der Waals surface area contributed by atoms with E-state index in [1.165, 1.54) is 0 Å². The number of amides is 1. The number of aromatic nitrogens is 2. The molecule has 1 atom stereocenters. The van der Waals surface area contributed by atoms with Crippen molar-refractivity contribution >= 4 is 17.6 Å². The number of carbonyl (C=O) groups excluding carboxylic acids is 2. The molecule has 0 radical (unpaired) electrons. The SMILES string of the molecule is CCOC(=O)c1ccc(N2C(=O)c3[nH]nc(-c4ccc(OCC)cc4)c3[C@@H]2c2ccc(O)c(OCC)c2)cc1. The van der Waals surface area contributed by atoms with Gasteiger partial charge in [-0.05, 0) is 87.0 Å². The number of nitrogens with one attached hydrogen (secondary N) is 1. The maximum Gasteiger partial charge on any atom is 0.338 e. The van der Waals surface area contributed by atoms with E-state index in [9.17, 15) is 14.7 Å². The fourth-order valence-electron chi connectivity index (χ4n) is 4.77. The van der Waals surface area contributed by atoms with Gasteiger partial charge in [-0.15, -0.1) is 0 Å². The van der Waals surface area contributed by atoms with Gasteiger partial charge in [-0.3, -0.25) is 14.8 Å². The number of phenolic OH excluding ortho intramolecular Hbond substituents is 1. The van der Waals surface area contributed by atoms with E-state index in [1.807, 2.05) is 38.1 Å². The lowest BCUT2D eigenvalue weighted by Gasteiger charge is -2.27. The molecule has 9 heteroatoms. The minimum Gasteiger partial charge on any atom is -0.504 e. The first-order valence-corrected chi connectivity index (χ1v) is 12.8. The van der Waals surface area contributed by atoms with Crippen LogP contribution in [0.1, 0.15) is 58.8 Å². The number of carbonyl (C=O) groups is 2. The molecule has 1 aliphatic rings.